The molecule has 1 aromatic rings. The summed E-state index contributed by atoms with van der Waals surface area (Å²) in [7, 11) is 1.72. The Balaban J connectivity index is 2.08. The summed E-state index contributed by atoms with van der Waals surface area (Å²) in [4.78, 5) is 0. The molecular weight excluding hydrogens is 224 g/mol. The molecule has 3 heteroatoms. The maximum absolute atomic E-state index is 5.94. The van der Waals surface area contributed by atoms with Crippen LogP contribution in [0.3, 0.4) is 0 Å². The summed E-state index contributed by atoms with van der Waals surface area (Å²) in [6, 6.07) is 5.13. The van der Waals surface area contributed by atoms with Gasteiger partial charge >= 0.3 is 0 Å². The first-order valence-corrected chi connectivity index (χ1v) is 6.78. The van der Waals surface area contributed by atoms with Crippen molar-refractivity contribution in [1.29, 1.82) is 0 Å². The SMILES string of the molecule is COc1ccc(NC2CCC(N)CC2)c(C)c1C. The van der Waals surface area contributed by atoms with E-state index in [-0.39, 0.29) is 0 Å². The molecule has 1 aliphatic rings. The molecule has 0 unspecified atom stereocenters. The Morgan fingerprint density at radius 3 is 2.39 bits per heavy atom. The number of nitrogens with two attached hydrogens (primary N) is 1. The second kappa shape index (κ2) is 5.61. The van der Waals surface area contributed by atoms with Crippen LogP contribution in [0.5, 0.6) is 5.75 Å². The first kappa shape index (κ1) is 13.2. The highest BCUT2D eigenvalue weighted by molar-refractivity contribution is 5.58. The zero-order valence-corrected chi connectivity index (χ0v) is 11.6. The van der Waals surface area contributed by atoms with Crippen molar-refractivity contribution in [3.63, 3.8) is 0 Å². The van der Waals surface area contributed by atoms with E-state index in [4.69, 9.17) is 10.5 Å². The second-order valence-electron chi connectivity index (χ2n) is 5.32. The fourth-order valence-electron chi connectivity index (χ4n) is 2.66. The van der Waals surface area contributed by atoms with E-state index in [1.54, 1.807) is 7.11 Å². The van der Waals surface area contributed by atoms with Crippen molar-refractivity contribution in [3.8, 4) is 5.75 Å². The van der Waals surface area contributed by atoms with Gasteiger partial charge in [-0.3, -0.25) is 0 Å². The number of methoxy groups -OCH3 is 1. The van der Waals surface area contributed by atoms with E-state index in [0.29, 0.717) is 12.1 Å². The minimum atomic E-state index is 0.404. The number of benzene rings is 1. The predicted octanol–water partition coefficient (Wildman–Crippen LogP) is 2.99. The third-order valence-electron chi connectivity index (χ3n) is 4.09. The Morgan fingerprint density at radius 2 is 1.78 bits per heavy atom. The van der Waals surface area contributed by atoms with Gasteiger partial charge in [0.2, 0.25) is 0 Å². The van der Waals surface area contributed by atoms with Crippen LogP contribution < -0.4 is 15.8 Å². The molecule has 1 saturated carbocycles. The topological polar surface area (TPSA) is 47.3 Å². The summed E-state index contributed by atoms with van der Waals surface area (Å²) in [6.45, 7) is 4.25. The van der Waals surface area contributed by atoms with Gasteiger partial charge in [-0.25, -0.2) is 0 Å². The van der Waals surface area contributed by atoms with E-state index < -0.39 is 0 Å². The summed E-state index contributed by atoms with van der Waals surface area (Å²) in [5.74, 6) is 0.962. The van der Waals surface area contributed by atoms with Crippen LogP contribution >= 0.6 is 0 Å². The number of ether oxygens (including phenoxy) is 1. The Morgan fingerprint density at radius 1 is 1.11 bits per heavy atom. The molecule has 0 heterocycles. The van der Waals surface area contributed by atoms with Crippen LogP contribution in [0.2, 0.25) is 0 Å². The standard InChI is InChI=1S/C15H24N2O/c1-10-11(2)15(18-3)9-8-14(10)17-13-6-4-12(16)5-7-13/h8-9,12-13,17H,4-7,16H2,1-3H3. The summed E-state index contributed by atoms with van der Waals surface area (Å²) < 4.78 is 5.34. The molecule has 0 aromatic heterocycles. The van der Waals surface area contributed by atoms with E-state index >= 15 is 0 Å². The zero-order chi connectivity index (χ0) is 13.1. The normalized spacial score (nSPS) is 23.8. The van der Waals surface area contributed by atoms with Crippen LogP contribution in [-0.2, 0) is 0 Å². The fourth-order valence-corrected chi connectivity index (χ4v) is 2.66. The van der Waals surface area contributed by atoms with Gasteiger partial charge in [0.1, 0.15) is 5.75 Å². The fraction of sp³-hybridized carbons (Fsp3) is 0.600. The maximum atomic E-state index is 5.94. The third kappa shape index (κ3) is 2.78. The molecule has 3 N–H and O–H groups in total. The van der Waals surface area contributed by atoms with Gasteiger partial charge in [0.15, 0.2) is 0 Å². The lowest BCUT2D eigenvalue weighted by atomic mass is 9.91. The van der Waals surface area contributed by atoms with E-state index in [1.807, 2.05) is 6.07 Å². The van der Waals surface area contributed by atoms with Crippen LogP contribution in [0.15, 0.2) is 12.1 Å². The lowest BCUT2D eigenvalue weighted by Crippen LogP contribution is -2.33. The van der Waals surface area contributed by atoms with Gasteiger partial charge in [0, 0.05) is 17.8 Å². The number of hydrogen-bond donors (Lipinski definition) is 2. The van der Waals surface area contributed by atoms with Gasteiger partial charge in [0.05, 0.1) is 7.11 Å². The monoisotopic (exact) mass is 248 g/mol. The summed E-state index contributed by atoms with van der Waals surface area (Å²) in [5.41, 5.74) is 9.67. The number of nitrogens with one attached hydrogen (secondary N) is 1. The van der Waals surface area contributed by atoms with Crippen molar-refractivity contribution in [2.45, 2.75) is 51.6 Å². The molecule has 0 atom stereocenters. The predicted molar refractivity (Wildman–Crippen MR) is 76.3 cm³/mol. The Kier molecular flexibility index (Phi) is 4.12. The summed E-state index contributed by atoms with van der Waals surface area (Å²) >= 11 is 0. The molecule has 1 fully saturated rings. The molecule has 0 spiro atoms. The van der Waals surface area contributed by atoms with Crippen molar-refractivity contribution in [3.05, 3.63) is 23.3 Å². The van der Waals surface area contributed by atoms with Gasteiger partial charge in [-0.2, -0.15) is 0 Å². The number of hydrogen-bond acceptors (Lipinski definition) is 3. The van der Waals surface area contributed by atoms with Crippen molar-refractivity contribution in [2.75, 3.05) is 12.4 Å². The smallest absolute Gasteiger partial charge is 0.122 e. The Bertz CT molecular complexity index is 409. The van der Waals surface area contributed by atoms with Crippen molar-refractivity contribution >= 4 is 5.69 Å². The highest BCUT2D eigenvalue weighted by Crippen LogP contribution is 2.29. The van der Waals surface area contributed by atoms with E-state index in [0.717, 1.165) is 18.6 Å². The van der Waals surface area contributed by atoms with E-state index in [2.05, 4.69) is 25.2 Å². The average Bonchev–Trinajstić information content (AvgIpc) is 2.38. The molecule has 1 aromatic carbocycles. The van der Waals surface area contributed by atoms with Gasteiger partial charge in [0.25, 0.3) is 0 Å². The van der Waals surface area contributed by atoms with Gasteiger partial charge in [-0.05, 0) is 62.8 Å². The molecule has 2 rings (SSSR count). The molecule has 1 aliphatic carbocycles. The quantitative estimate of drug-likeness (QED) is 0.864. The highest BCUT2D eigenvalue weighted by atomic mass is 16.5. The van der Waals surface area contributed by atoms with Gasteiger partial charge in [-0.15, -0.1) is 0 Å². The van der Waals surface area contributed by atoms with Crippen molar-refractivity contribution < 1.29 is 4.74 Å². The molecule has 0 saturated heterocycles. The van der Waals surface area contributed by atoms with E-state index in [1.165, 1.54) is 29.7 Å². The Hall–Kier alpha value is -1.22. The molecule has 100 valence electrons. The van der Waals surface area contributed by atoms with Crippen LogP contribution in [-0.4, -0.2) is 19.2 Å². The summed E-state index contributed by atoms with van der Waals surface area (Å²) in [6.07, 6.45) is 4.61. The maximum Gasteiger partial charge on any atom is 0.122 e. The van der Waals surface area contributed by atoms with Crippen LogP contribution in [0, 0.1) is 13.8 Å². The van der Waals surface area contributed by atoms with Crippen LogP contribution in [0.1, 0.15) is 36.8 Å². The molecule has 3 nitrogen and oxygen atoms in total. The Labute approximate surface area is 110 Å². The van der Waals surface area contributed by atoms with Gasteiger partial charge < -0.3 is 15.8 Å². The van der Waals surface area contributed by atoms with Gasteiger partial charge in [-0.1, -0.05) is 0 Å². The van der Waals surface area contributed by atoms with Crippen LogP contribution in [0.4, 0.5) is 5.69 Å². The molecule has 0 aliphatic heterocycles. The minimum absolute atomic E-state index is 0.404. The van der Waals surface area contributed by atoms with Crippen molar-refractivity contribution in [2.24, 2.45) is 5.73 Å². The first-order valence-electron chi connectivity index (χ1n) is 6.78. The van der Waals surface area contributed by atoms with Crippen LogP contribution in [0.25, 0.3) is 0 Å². The average molecular weight is 248 g/mol. The first-order chi connectivity index (χ1) is 8.61. The highest BCUT2D eigenvalue weighted by Gasteiger charge is 2.19. The lowest BCUT2D eigenvalue weighted by Gasteiger charge is -2.28. The minimum Gasteiger partial charge on any atom is -0.496 e. The lowest BCUT2D eigenvalue weighted by molar-refractivity contribution is 0.408. The molecule has 18 heavy (non-hydrogen) atoms. The van der Waals surface area contributed by atoms with E-state index in [9.17, 15) is 0 Å². The zero-order valence-electron chi connectivity index (χ0n) is 11.6. The molecular formula is C15H24N2O. The molecule has 0 bridgehead atoms. The molecule has 0 amide bonds. The summed E-state index contributed by atoms with van der Waals surface area (Å²) in [5, 5.41) is 3.65. The molecule has 0 radical (unpaired) electrons. The third-order valence-corrected chi connectivity index (χ3v) is 4.09. The second-order valence-corrected chi connectivity index (χ2v) is 5.32. The number of anilines is 1. The van der Waals surface area contributed by atoms with Crippen molar-refractivity contribution in [1.82, 2.24) is 0 Å². The largest absolute Gasteiger partial charge is 0.496 e. The number of rotatable bonds is 3.